The second-order valence-corrected chi connectivity index (χ2v) is 8.95. The van der Waals surface area contributed by atoms with Crippen LogP contribution in [0.3, 0.4) is 0 Å². The summed E-state index contributed by atoms with van der Waals surface area (Å²) < 4.78 is 26.0. The van der Waals surface area contributed by atoms with Gasteiger partial charge in [-0.05, 0) is 68.0 Å². The van der Waals surface area contributed by atoms with Crippen molar-refractivity contribution in [3.63, 3.8) is 0 Å². The zero-order valence-corrected chi connectivity index (χ0v) is 17.4. The lowest BCUT2D eigenvalue weighted by molar-refractivity contribution is 0.0956. The highest BCUT2D eigenvalue weighted by Crippen LogP contribution is 2.23. The van der Waals surface area contributed by atoms with E-state index in [-0.39, 0.29) is 12.1 Å². The Morgan fingerprint density at radius 3 is 2.79 bits per heavy atom. The number of hydrogen-bond acceptors (Lipinski definition) is 5. The molecule has 1 atom stereocenters. The molecule has 1 aromatic heterocycles. The molecular formula is C21H25N3O4S. The molecule has 7 nitrogen and oxygen atoms in total. The lowest BCUT2D eigenvalue weighted by atomic mass is 9.95. The van der Waals surface area contributed by atoms with E-state index in [1.54, 1.807) is 38.3 Å². The molecule has 154 valence electrons. The second kappa shape index (κ2) is 8.65. The molecule has 0 saturated heterocycles. The van der Waals surface area contributed by atoms with Crippen molar-refractivity contribution in [2.45, 2.75) is 37.5 Å². The number of rotatable bonds is 6. The molecule has 0 saturated carbocycles. The van der Waals surface area contributed by atoms with Gasteiger partial charge in [0.1, 0.15) is 11.3 Å². The Kier molecular flexibility index (Phi) is 6.22. The Bertz CT molecular complexity index is 1120. The number of aromatic nitrogens is 1. The van der Waals surface area contributed by atoms with Crippen LogP contribution in [0.25, 0.3) is 0 Å². The molecule has 3 N–H and O–H groups in total. The lowest BCUT2D eigenvalue weighted by Gasteiger charge is -2.15. The molecule has 29 heavy (non-hydrogen) atoms. The molecule has 1 unspecified atom stereocenters. The highest BCUT2D eigenvalue weighted by Gasteiger charge is 2.16. The van der Waals surface area contributed by atoms with E-state index in [0.717, 1.165) is 36.9 Å². The summed E-state index contributed by atoms with van der Waals surface area (Å²) in [5.41, 5.74) is 2.31. The molecule has 1 heterocycles. The largest absolute Gasteiger partial charge is 0.497 e. The van der Waals surface area contributed by atoms with Crippen molar-refractivity contribution in [3.05, 3.63) is 68.5 Å². The molecule has 0 fully saturated rings. The monoisotopic (exact) mass is 415 g/mol. The van der Waals surface area contributed by atoms with Crippen LogP contribution in [0.1, 0.15) is 40.0 Å². The van der Waals surface area contributed by atoms with E-state index >= 15 is 0 Å². The van der Waals surface area contributed by atoms with Crippen LogP contribution in [0.15, 0.2) is 45.4 Å². The van der Waals surface area contributed by atoms with E-state index in [9.17, 15) is 13.8 Å². The molecule has 3 rings (SSSR count). The van der Waals surface area contributed by atoms with Crippen LogP contribution >= 0.6 is 0 Å². The standard InChI is InChI=1S/C21H25N3O4S/c1-14-12-16(28-2)8-9-19(14)29(22,27)11-5-10-23-20(25)17-13-15-6-3-4-7-18(15)24-21(17)26/h5,8-9,11-13,22H,3-4,6-7,10H2,1-2H3,(H,23,25)(H,24,26)/b11-5+. The fourth-order valence-corrected chi connectivity index (χ4v) is 4.76. The molecule has 0 radical (unpaired) electrons. The topological polar surface area (TPSA) is 112 Å². The second-order valence-electron chi connectivity index (χ2n) is 7.04. The summed E-state index contributed by atoms with van der Waals surface area (Å²) in [4.78, 5) is 27.8. The van der Waals surface area contributed by atoms with Gasteiger partial charge in [-0.25, -0.2) is 8.99 Å². The number of H-pyrrole nitrogens is 1. The number of amides is 1. The molecule has 0 spiro atoms. The Hall–Kier alpha value is -2.87. The summed E-state index contributed by atoms with van der Waals surface area (Å²) in [6, 6.07) is 6.66. The molecule has 2 aromatic rings. The van der Waals surface area contributed by atoms with Gasteiger partial charge in [0, 0.05) is 17.6 Å². The number of pyridine rings is 1. The van der Waals surface area contributed by atoms with Crippen molar-refractivity contribution in [3.8, 4) is 5.75 Å². The molecule has 0 aliphatic heterocycles. The first kappa shape index (κ1) is 20.9. The van der Waals surface area contributed by atoms with Crippen LogP contribution in [0.5, 0.6) is 5.75 Å². The van der Waals surface area contributed by atoms with Gasteiger partial charge in [-0.15, -0.1) is 0 Å². The minimum atomic E-state index is -3.15. The molecular weight excluding hydrogens is 390 g/mol. The van der Waals surface area contributed by atoms with Crippen LogP contribution in [-0.2, 0) is 22.6 Å². The maximum Gasteiger partial charge on any atom is 0.261 e. The first-order valence-corrected chi connectivity index (χ1v) is 11.1. The molecule has 1 aliphatic rings. The molecule has 1 aliphatic carbocycles. The fraction of sp³-hybridized carbons (Fsp3) is 0.333. The third-order valence-corrected chi connectivity index (χ3v) is 6.65. The van der Waals surface area contributed by atoms with E-state index in [1.165, 1.54) is 11.5 Å². The molecule has 1 aromatic carbocycles. The Labute approximate surface area is 170 Å². The maximum atomic E-state index is 12.7. The summed E-state index contributed by atoms with van der Waals surface area (Å²) >= 11 is 0. The van der Waals surface area contributed by atoms with Crippen molar-refractivity contribution >= 4 is 15.6 Å². The van der Waals surface area contributed by atoms with Crippen LogP contribution in [0, 0.1) is 11.7 Å². The van der Waals surface area contributed by atoms with E-state index in [2.05, 4.69) is 10.3 Å². The number of benzene rings is 1. The van der Waals surface area contributed by atoms with Crippen LogP contribution in [-0.4, -0.2) is 28.8 Å². The van der Waals surface area contributed by atoms with Gasteiger partial charge in [-0.2, -0.15) is 0 Å². The third-order valence-electron chi connectivity index (χ3n) is 4.96. The number of nitrogens with one attached hydrogen (secondary N) is 3. The van der Waals surface area contributed by atoms with Gasteiger partial charge in [-0.3, -0.25) is 9.59 Å². The zero-order chi connectivity index (χ0) is 21.0. The van der Waals surface area contributed by atoms with Crippen LogP contribution < -0.4 is 15.6 Å². The van der Waals surface area contributed by atoms with Gasteiger partial charge in [0.15, 0.2) is 0 Å². The molecule has 0 bridgehead atoms. The normalized spacial score (nSPS) is 15.5. The van der Waals surface area contributed by atoms with E-state index in [1.807, 2.05) is 0 Å². The smallest absolute Gasteiger partial charge is 0.261 e. The number of hydrogen-bond donors (Lipinski definition) is 3. The highest BCUT2D eigenvalue weighted by atomic mass is 32.2. The number of aryl methyl sites for hydroxylation is 3. The first-order chi connectivity index (χ1) is 13.8. The number of aromatic amines is 1. The Morgan fingerprint density at radius 1 is 1.31 bits per heavy atom. The fourth-order valence-electron chi connectivity index (χ4n) is 3.44. The van der Waals surface area contributed by atoms with E-state index in [0.29, 0.717) is 16.2 Å². The number of carbonyl (C=O) groups is 1. The van der Waals surface area contributed by atoms with Crippen LogP contribution in [0.2, 0.25) is 0 Å². The van der Waals surface area contributed by atoms with Crippen molar-refractivity contribution in [2.75, 3.05) is 13.7 Å². The molecule has 8 heteroatoms. The van der Waals surface area contributed by atoms with Crippen molar-refractivity contribution < 1.29 is 13.7 Å². The lowest BCUT2D eigenvalue weighted by Crippen LogP contribution is -2.31. The minimum absolute atomic E-state index is 0.0699. The number of carbonyl (C=O) groups excluding carboxylic acids is 1. The van der Waals surface area contributed by atoms with Crippen LogP contribution in [0.4, 0.5) is 0 Å². The minimum Gasteiger partial charge on any atom is -0.497 e. The summed E-state index contributed by atoms with van der Waals surface area (Å²) in [5, 5.41) is 3.91. The average molecular weight is 416 g/mol. The first-order valence-electron chi connectivity index (χ1n) is 9.45. The highest BCUT2D eigenvalue weighted by molar-refractivity contribution is 7.95. The summed E-state index contributed by atoms with van der Waals surface area (Å²) in [6.45, 7) is 1.84. The molecule has 1 amide bonds. The predicted molar refractivity (Wildman–Crippen MR) is 112 cm³/mol. The maximum absolute atomic E-state index is 12.7. The Balaban J connectivity index is 1.67. The zero-order valence-electron chi connectivity index (χ0n) is 16.5. The van der Waals surface area contributed by atoms with Gasteiger partial charge in [0.25, 0.3) is 11.5 Å². The SMILES string of the molecule is COc1ccc(S(=N)(=O)/C=C/CNC(=O)c2cc3c([nH]c2=O)CCCC3)c(C)c1. The summed E-state index contributed by atoms with van der Waals surface area (Å²) in [5.74, 6) is 0.148. The van der Waals surface area contributed by atoms with Gasteiger partial charge < -0.3 is 15.0 Å². The van der Waals surface area contributed by atoms with Crippen molar-refractivity contribution in [1.29, 1.82) is 4.78 Å². The van der Waals surface area contributed by atoms with Gasteiger partial charge in [0.05, 0.1) is 21.7 Å². The third kappa shape index (κ3) is 4.76. The predicted octanol–water partition coefficient (Wildman–Crippen LogP) is 2.92. The summed E-state index contributed by atoms with van der Waals surface area (Å²) in [7, 11) is -1.61. The Morgan fingerprint density at radius 2 is 2.07 bits per heavy atom. The average Bonchev–Trinajstić information content (AvgIpc) is 2.70. The summed E-state index contributed by atoms with van der Waals surface area (Å²) in [6.07, 6.45) is 5.25. The van der Waals surface area contributed by atoms with E-state index < -0.39 is 21.2 Å². The van der Waals surface area contributed by atoms with Crippen molar-refractivity contribution in [1.82, 2.24) is 10.3 Å². The van der Waals surface area contributed by atoms with Gasteiger partial charge >= 0.3 is 0 Å². The number of ether oxygens (including phenoxy) is 1. The van der Waals surface area contributed by atoms with Crippen molar-refractivity contribution in [2.24, 2.45) is 0 Å². The number of methoxy groups -OCH3 is 1. The quantitative estimate of drug-likeness (QED) is 0.673. The number of fused-ring (bicyclic) bond motifs is 1. The van der Waals surface area contributed by atoms with Gasteiger partial charge in [0.2, 0.25) is 0 Å². The van der Waals surface area contributed by atoms with E-state index in [4.69, 9.17) is 9.52 Å². The van der Waals surface area contributed by atoms with Gasteiger partial charge in [-0.1, -0.05) is 6.08 Å².